The van der Waals surface area contributed by atoms with Crippen molar-refractivity contribution in [2.75, 3.05) is 5.32 Å². The molecule has 4 heteroatoms. The van der Waals surface area contributed by atoms with Crippen molar-refractivity contribution in [3.05, 3.63) is 64.2 Å². The van der Waals surface area contributed by atoms with Gasteiger partial charge in [-0.1, -0.05) is 48.5 Å². The number of carbonyl (C=O) groups excluding carboxylic acids is 1. The number of nitrogens with one attached hydrogen (secondary N) is 1. The van der Waals surface area contributed by atoms with Gasteiger partial charge in [0.2, 0.25) is 5.91 Å². The van der Waals surface area contributed by atoms with Gasteiger partial charge in [0, 0.05) is 11.1 Å². The maximum Gasteiger partial charge on any atom is 0.237 e. The summed E-state index contributed by atoms with van der Waals surface area (Å²) < 4.78 is 0. The van der Waals surface area contributed by atoms with Crippen molar-refractivity contribution in [2.45, 2.75) is 58.2 Å². The predicted octanol–water partition coefficient (Wildman–Crippen LogP) is 6.29. The molecule has 28 heavy (non-hydrogen) atoms. The minimum Gasteiger partial charge on any atom is -0.325 e. The van der Waals surface area contributed by atoms with Gasteiger partial charge >= 0.3 is 0 Å². The van der Waals surface area contributed by atoms with Crippen molar-refractivity contribution in [1.29, 1.82) is 0 Å². The first-order chi connectivity index (χ1) is 13.3. The minimum absolute atomic E-state index is 0.0325. The Hall–Kier alpha value is -2.33. The van der Waals surface area contributed by atoms with E-state index in [-0.39, 0.29) is 11.2 Å². The highest BCUT2D eigenvalue weighted by Gasteiger charge is 2.21. The van der Waals surface area contributed by atoms with Gasteiger partial charge < -0.3 is 5.32 Å². The Morgan fingerprint density at radius 3 is 2.32 bits per heavy atom. The number of rotatable bonds is 5. The molecule has 3 nitrogen and oxygen atoms in total. The summed E-state index contributed by atoms with van der Waals surface area (Å²) in [6, 6.07) is 12.5. The predicted molar refractivity (Wildman–Crippen MR) is 120 cm³/mol. The van der Waals surface area contributed by atoms with E-state index in [0.717, 1.165) is 33.8 Å². The van der Waals surface area contributed by atoms with Crippen LogP contribution in [0.4, 0.5) is 5.69 Å². The van der Waals surface area contributed by atoms with E-state index in [9.17, 15) is 4.79 Å². The topological polar surface area (TPSA) is 42.0 Å². The van der Waals surface area contributed by atoms with E-state index in [4.69, 9.17) is 4.98 Å². The largest absolute Gasteiger partial charge is 0.325 e. The number of hydrogen-bond donors (Lipinski definition) is 1. The van der Waals surface area contributed by atoms with Gasteiger partial charge in [0.25, 0.3) is 0 Å². The zero-order valence-corrected chi connectivity index (χ0v) is 18.3. The lowest BCUT2D eigenvalue weighted by Crippen LogP contribution is -2.25. The molecule has 0 bridgehead atoms. The van der Waals surface area contributed by atoms with E-state index in [1.54, 1.807) is 11.8 Å². The van der Waals surface area contributed by atoms with Gasteiger partial charge in [0.1, 0.15) is 0 Å². The fourth-order valence-electron chi connectivity index (χ4n) is 3.56. The van der Waals surface area contributed by atoms with Gasteiger partial charge in [-0.15, -0.1) is 0 Å². The van der Waals surface area contributed by atoms with Gasteiger partial charge in [-0.25, -0.2) is 4.98 Å². The van der Waals surface area contributed by atoms with Crippen LogP contribution in [0.3, 0.4) is 0 Å². The number of fused-ring (bicyclic) bond motifs is 1. The Kier molecular flexibility index (Phi) is 6.09. The standard InChI is InChI=1S/C24H28N2OS/c1-7-20(24(27)26-22-15(3)9-8-10-16(22)4)28-21-13-17(5)19-12-14(2)11-18(6)23(19)25-21/h8-13,20H,7H2,1-6H3,(H,26,27). The van der Waals surface area contributed by atoms with E-state index >= 15 is 0 Å². The summed E-state index contributed by atoms with van der Waals surface area (Å²) in [5.74, 6) is 0.0325. The molecule has 0 radical (unpaired) electrons. The maximum absolute atomic E-state index is 13.0. The van der Waals surface area contributed by atoms with Crippen molar-refractivity contribution in [2.24, 2.45) is 0 Å². The lowest BCUT2D eigenvalue weighted by molar-refractivity contribution is -0.115. The average Bonchev–Trinajstić information content (AvgIpc) is 2.63. The first kappa shape index (κ1) is 20.4. The molecule has 146 valence electrons. The van der Waals surface area contributed by atoms with E-state index in [0.29, 0.717) is 0 Å². The SMILES string of the molecule is CCC(Sc1cc(C)c2cc(C)cc(C)c2n1)C(=O)Nc1c(C)cccc1C. The molecule has 1 N–H and O–H groups in total. The monoisotopic (exact) mass is 392 g/mol. The molecule has 0 aliphatic heterocycles. The molecule has 1 unspecified atom stereocenters. The zero-order chi connectivity index (χ0) is 20.4. The second-order valence-corrected chi connectivity index (χ2v) is 8.75. The van der Waals surface area contributed by atoms with Crippen LogP contribution in [0.5, 0.6) is 0 Å². The van der Waals surface area contributed by atoms with E-state index in [1.165, 1.54) is 22.1 Å². The molecule has 0 saturated carbocycles. The average molecular weight is 393 g/mol. The molecule has 0 aliphatic rings. The number of hydrogen-bond acceptors (Lipinski definition) is 3. The quantitative estimate of drug-likeness (QED) is 0.519. The van der Waals surface area contributed by atoms with Crippen molar-refractivity contribution >= 4 is 34.3 Å². The molecular formula is C24H28N2OS. The summed E-state index contributed by atoms with van der Waals surface area (Å²) in [4.78, 5) is 17.8. The third-order valence-corrected chi connectivity index (χ3v) is 6.37. The molecule has 0 spiro atoms. The van der Waals surface area contributed by atoms with E-state index in [1.807, 2.05) is 39.0 Å². The number of amides is 1. The number of carbonyl (C=O) groups is 1. The number of anilines is 1. The van der Waals surface area contributed by atoms with Crippen LogP contribution >= 0.6 is 11.8 Å². The Balaban J connectivity index is 1.87. The van der Waals surface area contributed by atoms with E-state index in [2.05, 4.69) is 44.3 Å². The molecule has 3 rings (SSSR count). The Morgan fingerprint density at radius 1 is 1.00 bits per heavy atom. The molecule has 0 saturated heterocycles. The highest BCUT2D eigenvalue weighted by atomic mass is 32.2. The summed E-state index contributed by atoms with van der Waals surface area (Å²) in [6.45, 7) is 12.4. The number of pyridine rings is 1. The Bertz CT molecular complexity index is 1020. The number of para-hydroxylation sites is 1. The first-order valence-electron chi connectivity index (χ1n) is 9.72. The summed E-state index contributed by atoms with van der Waals surface area (Å²) >= 11 is 1.55. The van der Waals surface area contributed by atoms with Crippen LogP contribution in [0.1, 0.15) is 41.2 Å². The summed E-state index contributed by atoms with van der Waals surface area (Å²) in [6.07, 6.45) is 0.743. The van der Waals surface area contributed by atoms with Crippen molar-refractivity contribution in [3.8, 4) is 0 Å². The number of aryl methyl sites for hydroxylation is 5. The van der Waals surface area contributed by atoms with Crippen LogP contribution in [0.2, 0.25) is 0 Å². The highest BCUT2D eigenvalue weighted by Crippen LogP contribution is 2.31. The van der Waals surface area contributed by atoms with Crippen molar-refractivity contribution < 1.29 is 4.79 Å². The maximum atomic E-state index is 13.0. The van der Waals surface area contributed by atoms with Gasteiger partial charge in [0.05, 0.1) is 15.8 Å². The van der Waals surface area contributed by atoms with Gasteiger partial charge in [0.15, 0.2) is 0 Å². The van der Waals surface area contributed by atoms with Gasteiger partial charge in [-0.3, -0.25) is 4.79 Å². The second kappa shape index (κ2) is 8.36. The lowest BCUT2D eigenvalue weighted by Gasteiger charge is -2.18. The highest BCUT2D eigenvalue weighted by molar-refractivity contribution is 8.00. The molecule has 0 fully saturated rings. The molecule has 1 atom stereocenters. The smallest absolute Gasteiger partial charge is 0.237 e. The van der Waals surface area contributed by atoms with E-state index < -0.39 is 0 Å². The molecule has 1 aromatic heterocycles. The first-order valence-corrected chi connectivity index (χ1v) is 10.6. The van der Waals surface area contributed by atoms with Crippen molar-refractivity contribution in [1.82, 2.24) is 4.98 Å². The Labute approximate surface area is 172 Å². The van der Waals surface area contributed by atoms with Crippen LogP contribution in [0, 0.1) is 34.6 Å². The molecule has 0 aliphatic carbocycles. The molecule has 1 amide bonds. The van der Waals surface area contributed by atoms with Crippen LogP contribution in [0.25, 0.3) is 10.9 Å². The fourth-order valence-corrected chi connectivity index (χ4v) is 4.57. The fraction of sp³-hybridized carbons (Fsp3) is 0.333. The Morgan fingerprint density at radius 2 is 1.68 bits per heavy atom. The molecule has 1 heterocycles. The third kappa shape index (κ3) is 4.22. The summed E-state index contributed by atoms with van der Waals surface area (Å²) in [5, 5.41) is 5.04. The second-order valence-electron chi connectivity index (χ2n) is 7.53. The molecule has 2 aromatic carbocycles. The molecule has 3 aromatic rings. The van der Waals surface area contributed by atoms with Crippen LogP contribution in [0.15, 0.2) is 41.4 Å². The minimum atomic E-state index is -0.186. The van der Waals surface area contributed by atoms with Crippen LogP contribution < -0.4 is 5.32 Å². The van der Waals surface area contributed by atoms with Gasteiger partial charge in [-0.2, -0.15) is 0 Å². The number of benzene rings is 2. The summed E-state index contributed by atoms with van der Waals surface area (Å²) in [5.41, 5.74) is 7.73. The molecular weight excluding hydrogens is 364 g/mol. The van der Waals surface area contributed by atoms with Crippen LogP contribution in [-0.2, 0) is 4.79 Å². The number of nitrogens with zero attached hydrogens (tertiary/aromatic N) is 1. The number of aromatic nitrogens is 1. The van der Waals surface area contributed by atoms with Crippen molar-refractivity contribution in [3.63, 3.8) is 0 Å². The normalized spacial score (nSPS) is 12.2. The van der Waals surface area contributed by atoms with Gasteiger partial charge in [-0.05, 0) is 75.4 Å². The lowest BCUT2D eigenvalue weighted by atomic mass is 10.0. The third-order valence-electron chi connectivity index (χ3n) is 5.09. The summed E-state index contributed by atoms with van der Waals surface area (Å²) in [7, 11) is 0. The number of thioether (sulfide) groups is 1. The van der Waals surface area contributed by atoms with Crippen LogP contribution in [-0.4, -0.2) is 16.1 Å². The zero-order valence-electron chi connectivity index (χ0n) is 17.5.